The van der Waals surface area contributed by atoms with E-state index < -0.39 is 17.0 Å². The standard InChI is InChI=1S/C20H22F2NO.Ti/c1-4-12-20(2,3)19(24)23(14-15-8-6-5-7-9-15)18-11-10-16(21)13-17(18)22;/h5-11H,4,12,14H2,1-3H3;. The summed E-state index contributed by atoms with van der Waals surface area (Å²) >= 11 is 1.39. The van der Waals surface area contributed by atoms with Crippen LogP contribution in [0.15, 0.2) is 42.5 Å². The van der Waals surface area contributed by atoms with Crippen LogP contribution in [0.2, 0.25) is 0 Å². The molecule has 0 saturated heterocycles. The summed E-state index contributed by atoms with van der Waals surface area (Å²) in [6, 6.07) is 12.0. The molecule has 0 fully saturated rings. The number of hydrogen-bond donors (Lipinski definition) is 0. The number of carbonyl (C=O) groups excluding carboxylic acids is 1. The SMILES string of the molecule is CCCC(C)(C)C(=O)N(Cc1ccccc1)c1ccc(F)[c]([Ti])c1F. The number of halogens is 2. The molecule has 0 aliphatic rings. The van der Waals surface area contributed by atoms with Gasteiger partial charge in [0.2, 0.25) is 0 Å². The van der Waals surface area contributed by atoms with Crippen molar-refractivity contribution in [1.82, 2.24) is 0 Å². The number of anilines is 1. The van der Waals surface area contributed by atoms with Gasteiger partial charge in [0.15, 0.2) is 0 Å². The predicted molar refractivity (Wildman–Crippen MR) is 92.3 cm³/mol. The van der Waals surface area contributed by atoms with Gasteiger partial charge in [0, 0.05) is 0 Å². The molecule has 131 valence electrons. The topological polar surface area (TPSA) is 20.3 Å². The molecule has 0 aliphatic heterocycles. The third kappa shape index (κ3) is 4.56. The number of carbonyl (C=O) groups is 1. The van der Waals surface area contributed by atoms with Crippen LogP contribution in [0.5, 0.6) is 0 Å². The molecule has 0 heterocycles. The first-order valence-corrected chi connectivity index (χ1v) is 9.11. The molecule has 2 aromatic rings. The van der Waals surface area contributed by atoms with Crippen LogP contribution in [0.4, 0.5) is 14.5 Å². The average Bonchev–Trinajstić information content (AvgIpc) is 2.58. The molecule has 2 nitrogen and oxygen atoms in total. The monoisotopic (exact) mass is 378 g/mol. The van der Waals surface area contributed by atoms with E-state index in [-0.39, 0.29) is 22.0 Å². The van der Waals surface area contributed by atoms with Crippen LogP contribution in [-0.2, 0) is 31.8 Å². The van der Waals surface area contributed by atoms with Gasteiger partial charge in [0.1, 0.15) is 0 Å². The molecule has 0 radical (unpaired) electrons. The van der Waals surface area contributed by atoms with E-state index in [9.17, 15) is 13.6 Å². The van der Waals surface area contributed by atoms with Gasteiger partial charge >= 0.3 is 160 Å². The summed E-state index contributed by atoms with van der Waals surface area (Å²) in [7, 11) is 0. The van der Waals surface area contributed by atoms with Gasteiger partial charge in [-0.25, -0.2) is 0 Å². The third-order valence-electron chi connectivity index (χ3n) is 4.24. The first-order valence-electron chi connectivity index (χ1n) is 8.33. The Morgan fingerprint density at radius 3 is 2.36 bits per heavy atom. The van der Waals surface area contributed by atoms with Crippen molar-refractivity contribution >= 4 is 15.5 Å². The van der Waals surface area contributed by atoms with E-state index in [1.54, 1.807) is 0 Å². The second-order valence-corrected chi connectivity index (χ2v) is 7.55. The molecule has 0 atom stereocenters. The maximum absolute atomic E-state index is 14.7. The fourth-order valence-corrected chi connectivity index (χ4v) is 3.21. The number of nitrogens with zero attached hydrogens (tertiary/aromatic N) is 1. The zero-order valence-corrected chi connectivity index (χ0v) is 16.3. The molecule has 1 amide bonds. The molecule has 2 aromatic carbocycles. The quantitative estimate of drug-likeness (QED) is 0.678. The van der Waals surface area contributed by atoms with Crippen molar-refractivity contribution in [2.75, 3.05) is 4.90 Å². The number of amides is 1. The zero-order chi connectivity index (χ0) is 18.6. The molecule has 0 spiro atoms. The van der Waals surface area contributed by atoms with Crippen molar-refractivity contribution < 1.29 is 34.0 Å². The van der Waals surface area contributed by atoms with Crippen molar-refractivity contribution in [2.24, 2.45) is 5.41 Å². The normalized spacial score (nSPS) is 11.4. The van der Waals surface area contributed by atoms with E-state index in [4.69, 9.17) is 0 Å². The second kappa shape index (κ2) is 8.24. The Morgan fingerprint density at radius 2 is 1.76 bits per heavy atom. The van der Waals surface area contributed by atoms with Gasteiger partial charge in [-0.3, -0.25) is 0 Å². The van der Waals surface area contributed by atoms with E-state index in [0.29, 0.717) is 6.42 Å². The maximum atomic E-state index is 14.7. The predicted octanol–water partition coefficient (Wildman–Crippen LogP) is 4.50. The summed E-state index contributed by atoms with van der Waals surface area (Å²) in [6.45, 7) is 5.99. The molecule has 25 heavy (non-hydrogen) atoms. The second-order valence-electron chi connectivity index (χ2n) is 6.77. The molecule has 0 unspecified atom stereocenters. The van der Waals surface area contributed by atoms with E-state index in [2.05, 4.69) is 0 Å². The van der Waals surface area contributed by atoms with Gasteiger partial charge in [-0.05, 0) is 0 Å². The Morgan fingerprint density at radius 1 is 1.12 bits per heavy atom. The summed E-state index contributed by atoms with van der Waals surface area (Å²) in [5.41, 5.74) is 0.389. The van der Waals surface area contributed by atoms with Gasteiger partial charge < -0.3 is 0 Å². The Balaban J connectivity index is 2.49. The van der Waals surface area contributed by atoms with Crippen molar-refractivity contribution in [3.05, 3.63) is 59.7 Å². The van der Waals surface area contributed by atoms with Gasteiger partial charge in [0.25, 0.3) is 0 Å². The molecular weight excluding hydrogens is 356 g/mol. The first kappa shape index (κ1) is 19.8. The van der Waals surface area contributed by atoms with Crippen molar-refractivity contribution in [3.63, 3.8) is 0 Å². The van der Waals surface area contributed by atoms with Crippen LogP contribution in [0.1, 0.15) is 39.2 Å². The molecule has 0 bridgehead atoms. The van der Waals surface area contributed by atoms with E-state index in [1.807, 2.05) is 51.1 Å². The van der Waals surface area contributed by atoms with E-state index in [0.717, 1.165) is 12.0 Å². The molecule has 0 aromatic heterocycles. The van der Waals surface area contributed by atoms with Crippen LogP contribution in [0.3, 0.4) is 0 Å². The number of rotatable bonds is 6. The Bertz CT molecular complexity index is 747. The summed E-state index contributed by atoms with van der Waals surface area (Å²) in [6.07, 6.45) is 1.54. The molecule has 2 rings (SSSR count). The van der Waals surface area contributed by atoms with E-state index in [1.165, 1.54) is 37.5 Å². The molecule has 0 aliphatic carbocycles. The minimum atomic E-state index is -0.684. The third-order valence-corrected chi connectivity index (χ3v) is 4.96. The van der Waals surface area contributed by atoms with Crippen molar-refractivity contribution in [2.45, 2.75) is 40.2 Å². The summed E-state index contributed by atoms with van der Waals surface area (Å²) < 4.78 is 28.3. The zero-order valence-electron chi connectivity index (χ0n) is 14.8. The molecule has 5 heteroatoms. The molecule has 0 N–H and O–H groups in total. The van der Waals surface area contributed by atoms with Crippen LogP contribution >= 0.6 is 0 Å². The van der Waals surface area contributed by atoms with Crippen molar-refractivity contribution in [3.8, 4) is 0 Å². The minimum absolute atomic E-state index is 0.0725. The Kier molecular flexibility index (Phi) is 6.53. The summed E-state index contributed by atoms with van der Waals surface area (Å²) in [5, 5.41) is 0. The number of benzene rings is 2. The van der Waals surface area contributed by atoms with Crippen LogP contribution in [0.25, 0.3) is 0 Å². The van der Waals surface area contributed by atoms with Crippen molar-refractivity contribution in [1.29, 1.82) is 0 Å². The molecule has 0 saturated carbocycles. The van der Waals surface area contributed by atoms with Crippen LogP contribution in [-0.4, -0.2) is 5.91 Å². The first-order chi connectivity index (χ1) is 11.8. The fourth-order valence-electron chi connectivity index (χ4n) is 2.88. The average molecular weight is 378 g/mol. The van der Waals surface area contributed by atoms with Gasteiger partial charge in [-0.15, -0.1) is 0 Å². The molecular formula is C20H22F2NOTi. The Hall–Kier alpha value is -1.52. The van der Waals surface area contributed by atoms with Gasteiger partial charge in [-0.1, -0.05) is 0 Å². The summed E-state index contributed by atoms with van der Waals surface area (Å²) in [5.74, 6) is -1.46. The van der Waals surface area contributed by atoms with Gasteiger partial charge in [0.05, 0.1) is 0 Å². The van der Waals surface area contributed by atoms with E-state index >= 15 is 0 Å². The fraction of sp³-hybridized carbons (Fsp3) is 0.350. The number of hydrogen-bond acceptors (Lipinski definition) is 1. The van der Waals surface area contributed by atoms with Gasteiger partial charge in [-0.2, -0.15) is 0 Å². The Labute approximate surface area is 159 Å². The van der Waals surface area contributed by atoms with Crippen LogP contribution in [0, 0.1) is 17.0 Å². The summed E-state index contributed by atoms with van der Waals surface area (Å²) in [4.78, 5) is 14.6. The van der Waals surface area contributed by atoms with Crippen LogP contribution < -0.4 is 8.77 Å².